The maximum absolute atomic E-state index is 12.7. The molecule has 1 aromatic carbocycles. The molecule has 2 aliphatic rings. The van der Waals surface area contributed by atoms with Crippen LogP contribution in [0.1, 0.15) is 31.0 Å². The third-order valence-electron chi connectivity index (χ3n) is 5.84. The van der Waals surface area contributed by atoms with E-state index in [1.165, 1.54) is 16.6 Å². The highest BCUT2D eigenvalue weighted by Gasteiger charge is 2.51. The van der Waals surface area contributed by atoms with Gasteiger partial charge in [-0.25, -0.2) is 0 Å². The second kappa shape index (κ2) is 5.78. The van der Waals surface area contributed by atoms with E-state index in [-0.39, 0.29) is 24.0 Å². The zero-order valence-electron chi connectivity index (χ0n) is 14.2. The van der Waals surface area contributed by atoms with Crippen LogP contribution >= 0.6 is 0 Å². The second-order valence-corrected chi connectivity index (χ2v) is 7.02. The van der Waals surface area contributed by atoms with E-state index in [1.807, 2.05) is 0 Å². The van der Waals surface area contributed by atoms with Gasteiger partial charge in [0.2, 0.25) is 0 Å². The van der Waals surface area contributed by atoms with E-state index in [4.69, 9.17) is 4.74 Å². The number of esters is 1. The maximum atomic E-state index is 12.7. The van der Waals surface area contributed by atoms with E-state index in [1.54, 1.807) is 6.08 Å². The zero-order chi connectivity index (χ0) is 16.7. The van der Waals surface area contributed by atoms with E-state index in [0.29, 0.717) is 0 Å². The highest BCUT2D eigenvalue weighted by molar-refractivity contribution is 5.86. The van der Waals surface area contributed by atoms with Gasteiger partial charge in [-0.2, -0.15) is 0 Å². The van der Waals surface area contributed by atoms with E-state index >= 15 is 0 Å². The molecule has 2 aromatic rings. The van der Waals surface area contributed by atoms with Gasteiger partial charge in [-0.1, -0.05) is 30.9 Å². The minimum Gasteiger partial charge on any atom is -0.461 e. The van der Waals surface area contributed by atoms with Crippen molar-refractivity contribution in [3.05, 3.63) is 48.2 Å². The van der Waals surface area contributed by atoms with Crippen LogP contribution in [0.5, 0.6) is 0 Å². The second-order valence-electron chi connectivity index (χ2n) is 7.02. The van der Waals surface area contributed by atoms with Crippen molar-refractivity contribution >= 4 is 16.9 Å². The molecule has 4 nitrogen and oxygen atoms in total. The van der Waals surface area contributed by atoms with Crippen molar-refractivity contribution in [2.45, 2.75) is 31.7 Å². The summed E-state index contributed by atoms with van der Waals surface area (Å²) in [4.78, 5) is 18.8. The van der Waals surface area contributed by atoms with Gasteiger partial charge in [0.25, 0.3) is 0 Å². The Bertz CT molecular complexity index is 794. The maximum Gasteiger partial charge on any atom is 0.311 e. The number of ether oxygens (including phenoxy) is 1. The summed E-state index contributed by atoms with van der Waals surface area (Å²) >= 11 is 0. The van der Waals surface area contributed by atoms with Crippen LogP contribution in [0, 0.1) is 5.92 Å². The van der Waals surface area contributed by atoms with Crippen LogP contribution in [-0.4, -0.2) is 35.5 Å². The number of nitrogens with one attached hydrogen (secondary N) is 1. The van der Waals surface area contributed by atoms with Crippen LogP contribution in [0.15, 0.2) is 36.9 Å². The van der Waals surface area contributed by atoms with Crippen LogP contribution in [-0.2, 0) is 21.5 Å². The molecule has 0 aliphatic carbocycles. The zero-order valence-corrected chi connectivity index (χ0v) is 14.2. The number of fused-ring (bicyclic) bond motifs is 5. The molecule has 2 unspecified atom stereocenters. The Labute approximate surface area is 142 Å². The summed E-state index contributed by atoms with van der Waals surface area (Å²) in [5.74, 6) is -0.244. The Morgan fingerprint density at radius 2 is 2.29 bits per heavy atom. The lowest BCUT2D eigenvalue weighted by atomic mass is 9.72. The first kappa shape index (κ1) is 15.5. The first-order chi connectivity index (χ1) is 11.7. The molecule has 1 N–H and O–H groups in total. The molecule has 3 heterocycles. The van der Waals surface area contributed by atoms with E-state index in [0.717, 1.165) is 37.9 Å². The van der Waals surface area contributed by atoms with Crippen LogP contribution in [0.25, 0.3) is 10.9 Å². The first-order valence-electron chi connectivity index (χ1n) is 8.79. The molecule has 4 rings (SSSR count). The molecule has 0 radical (unpaired) electrons. The Morgan fingerprint density at radius 1 is 1.46 bits per heavy atom. The topological polar surface area (TPSA) is 45.3 Å². The summed E-state index contributed by atoms with van der Waals surface area (Å²) in [6.45, 7) is 8.17. The number of nitrogens with zero attached hydrogens (tertiary/aromatic N) is 1. The molecule has 1 saturated heterocycles. The molecule has 4 heteroatoms. The highest BCUT2D eigenvalue weighted by atomic mass is 16.5. The van der Waals surface area contributed by atoms with Crippen molar-refractivity contribution in [2.75, 3.05) is 19.7 Å². The summed E-state index contributed by atoms with van der Waals surface area (Å²) in [5, 5.41) is 1.29. The molecule has 0 saturated carbocycles. The third kappa shape index (κ3) is 2.13. The number of aromatic nitrogens is 1. The van der Waals surface area contributed by atoms with Gasteiger partial charge >= 0.3 is 5.97 Å². The summed E-state index contributed by atoms with van der Waals surface area (Å²) in [6, 6.07) is 8.44. The molecule has 2 atom stereocenters. The lowest BCUT2D eigenvalue weighted by Gasteiger charge is -2.51. The first-order valence-corrected chi connectivity index (χ1v) is 8.79. The van der Waals surface area contributed by atoms with Crippen molar-refractivity contribution in [2.24, 2.45) is 5.92 Å². The van der Waals surface area contributed by atoms with Gasteiger partial charge in [0.15, 0.2) is 0 Å². The molecular weight excluding hydrogens is 300 g/mol. The molecule has 0 spiro atoms. The van der Waals surface area contributed by atoms with Crippen LogP contribution in [0.2, 0.25) is 0 Å². The third-order valence-corrected chi connectivity index (χ3v) is 5.84. The van der Waals surface area contributed by atoms with Crippen LogP contribution in [0.3, 0.4) is 0 Å². The molecular formula is C20H24N2O2. The summed E-state index contributed by atoms with van der Waals surface area (Å²) in [6.07, 6.45) is 4.58. The molecule has 1 aromatic heterocycles. The number of para-hydroxylation sites is 1. The SMILES string of the molecule is C=CCOC(=O)C1CCCN2CCc3c([nH]c4ccccc34)C12C. The van der Waals surface area contributed by atoms with Gasteiger partial charge in [0.05, 0.1) is 11.5 Å². The van der Waals surface area contributed by atoms with Gasteiger partial charge in [-0.05, 0) is 44.4 Å². The fourth-order valence-electron chi connectivity index (χ4n) is 4.62. The smallest absolute Gasteiger partial charge is 0.311 e. The number of hydrogen-bond acceptors (Lipinski definition) is 3. The lowest BCUT2D eigenvalue weighted by molar-refractivity contribution is -0.157. The van der Waals surface area contributed by atoms with Gasteiger partial charge in [-0.3, -0.25) is 9.69 Å². The normalized spacial score (nSPS) is 26.6. The molecule has 0 bridgehead atoms. The number of benzene rings is 1. The van der Waals surface area contributed by atoms with Crippen LogP contribution in [0.4, 0.5) is 0 Å². The Morgan fingerprint density at radius 3 is 3.12 bits per heavy atom. The van der Waals surface area contributed by atoms with Crippen molar-refractivity contribution in [3.8, 4) is 0 Å². The van der Waals surface area contributed by atoms with Gasteiger partial charge in [-0.15, -0.1) is 0 Å². The predicted octanol–water partition coefficient (Wildman–Crippen LogP) is 3.38. The number of carbonyl (C=O) groups excluding carboxylic acids is 1. The Balaban J connectivity index is 1.82. The van der Waals surface area contributed by atoms with Gasteiger partial charge in [0.1, 0.15) is 6.61 Å². The number of H-pyrrole nitrogens is 1. The number of carbonyl (C=O) groups is 1. The van der Waals surface area contributed by atoms with E-state index in [2.05, 4.69) is 47.7 Å². The monoisotopic (exact) mass is 324 g/mol. The molecule has 24 heavy (non-hydrogen) atoms. The standard InChI is InChI=1S/C20H24N2O2/c1-3-13-24-19(23)16-8-6-11-22-12-10-15-14-7-4-5-9-17(14)21-18(15)20(16,22)2/h3-5,7,9,16,21H,1,6,8,10-13H2,2H3. The minimum atomic E-state index is -0.316. The van der Waals surface area contributed by atoms with E-state index < -0.39 is 0 Å². The van der Waals surface area contributed by atoms with Crippen molar-refractivity contribution in [3.63, 3.8) is 0 Å². The number of rotatable bonds is 3. The summed E-state index contributed by atoms with van der Waals surface area (Å²) < 4.78 is 5.44. The van der Waals surface area contributed by atoms with Gasteiger partial charge < -0.3 is 9.72 Å². The largest absolute Gasteiger partial charge is 0.461 e. The number of aromatic amines is 1. The summed E-state index contributed by atoms with van der Waals surface area (Å²) in [5.41, 5.74) is 3.42. The minimum absolute atomic E-state index is 0.103. The van der Waals surface area contributed by atoms with Crippen molar-refractivity contribution in [1.82, 2.24) is 9.88 Å². The molecule has 126 valence electrons. The lowest BCUT2D eigenvalue weighted by Crippen LogP contribution is -2.58. The quantitative estimate of drug-likeness (QED) is 0.695. The van der Waals surface area contributed by atoms with Crippen molar-refractivity contribution in [1.29, 1.82) is 0 Å². The average molecular weight is 324 g/mol. The Kier molecular flexibility index (Phi) is 3.72. The number of piperidine rings is 1. The fourth-order valence-corrected chi connectivity index (χ4v) is 4.62. The Hall–Kier alpha value is -2.07. The molecule has 1 fully saturated rings. The van der Waals surface area contributed by atoms with Crippen molar-refractivity contribution < 1.29 is 9.53 Å². The molecule has 2 aliphatic heterocycles. The summed E-state index contributed by atoms with van der Waals surface area (Å²) in [7, 11) is 0. The predicted molar refractivity (Wildman–Crippen MR) is 94.8 cm³/mol. The van der Waals surface area contributed by atoms with Crippen LogP contribution < -0.4 is 0 Å². The fraction of sp³-hybridized carbons (Fsp3) is 0.450. The van der Waals surface area contributed by atoms with Gasteiger partial charge in [0, 0.05) is 23.1 Å². The van der Waals surface area contributed by atoms with E-state index in [9.17, 15) is 4.79 Å². The molecule has 0 amide bonds. The average Bonchev–Trinajstić information content (AvgIpc) is 2.99. The number of hydrogen-bond donors (Lipinski definition) is 1. The highest BCUT2D eigenvalue weighted by Crippen LogP contribution is 2.47.